The quantitative estimate of drug-likeness (QED) is 0.713. The first-order valence-electron chi connectivity index (χ1n) is 7.15. The van der Waals surface area contributed by atoms with Crippen LogP contribution in [0.4, 0.5) is 0 Å². The first-order chi connectivity index (χ1) is 10.2. The van der Waals surface area contributed by atoms with Gasteiger partial charge in [0, 0.05) is 16.5 Å². The van der Waals surface area contributed by atoms with Crippen molar-refractivity contribution in [2.45, 2.75) is 17.2 Å². The Bertz CT molecular complexity index is 612. The summed E-state index contributed by atoms with van der Waals surface area (Å²) < 4.78 is 10.8. The molecule has 0 N–H and O–H groups in total. The van der Waals surface area contributed by atoms with Crippen molar-refractivity contribution in [2.75, 3.05) is 14.2 Å². The third kappa shape index (κ3) is 2.93. The van der Waals surface area contributed by atoms with E-state index < -0.39 is 0 Å². The van der Waals surface area contributed by atoms with Gasteiger partial charge in [0.1, 0.15) is 11.5 Å². The van der Waals surface area contributed by atoms with Gasteiger partial charge in [0.15, 0.2) is 0 Å². The molecule has 2 aromatic carbocycles. The predicted molar refractivity (Wildman–Crippen MR) is 88.5 cm³/mol. The molecule has 2 aromatic rings. The number of benzene rings is 2. The second-order valence-electron chi connectivity index (χ2n) is 5.43. The molecule has 0 radical (unpaired) electrons. The number of ether oxygens (including phenoxy) is 2. The first-order valence-corrected chi connectivity index (χ1v) is 8.07. The lowest BCUT2D eigenvalue weighted by Crippen LogP contribution is -1.99. The van der Waals surface area contributed by atoms with E-state index in [0.717, 1.165) is 11.5 Å². The summed E-state index contributed by atoms with van der Waals surface area (Å²) in [6, 6.07) is 16.8. The van der Waals surface area contributed by atoms with E-state index in [0.29, 0.717) is 16.7 Å². The van der Waals surface area contributed by atoms with Crippen LogP contribution < -0.4 is 9.47 Å². The fourth-order valence-corrected chi connectivity index (χ4v) is 3.86. The molecular formula is C18H19BrO2. The van der Waals surface area contributed by atoms with Crippen LogP contribution in [0.1, 0.15) is 28.3 Å². The average Bonchev–Trinajstić information content (AvgIpc) is 3.35. The minimum atomic E-state index is 0.309. The number of methoxy groups -OCH3 is 2. The maximum Gasteiger partial charge on any atom is 0.126 e. The highest BCUT2D eigenvalue weighted by atomic mass is 79.9. The first kappa shape index (κ1) is 14.5. The van der Waals surface area contributed by atoms with Crippen molar-refractivity contribution in [1.29, 1.82) is 0 Å². The molecule has 1 saturated carbocycles. The molecule has 0 amide bonds. The maximum absolute atomic E-state index is 5.52. The lowest BCUT2D eigenvalue weighted by atomic mass is 10.0. The van der Waals surface area contributed by atoms with Crippen molar-refractivity contribution in [3.63, 3.8) is 0 Å². The Kier molecular flexibility index (Phi) is 4.20. The lowest BCUT2D eigenvalue weighted by Gasteiger charge is -2.15. The zero-order valence-electron chi connectivity index (χ0n) is 12.3. The van der Waals surface area contributed by atoms with Gasteiger partial charge in [-0.25, -0.2) is 0 Å². The maximum atomic E-state index is 5.52. The molecule has 1 aliphatic carbocycles. The highest BCUT2D eigenvalue weighted by molar-refractivity contribution is 9.09. The number of hydrogen-bond acceptors (Lipinski definition) is 2. The number of rotatable bonds is 5. The van der Waals surface area contributed by atoms with Crippen molar-refractivity contribution in [3.8, 4) is 11.5 Å². The topological polar surface area (TPSA) is 18.5 Å². The summed E-state index contributed by atoms with van der Waals surface area (Å²) in [5, 5.41) is 0. The highest BCUT2D eigenvalue weighted by Crippen LogP contribution is 2.58. The van der Waals surface area contributed by atoms with Crippen molar-refractivity contribution in [2.24, 2.45) is 5.92 Å². The van der Waals surface area contributed by atoms with Crippen molar-refractivity contribution < 1.29 is 9.47 Å². The predicted octanol–water partition coefficient (Wildman–Crippen LogP) is 4.94. The van der Waals surface area contributed by atoms with E-state index in [1.165, 1.54) is 17.5 Å². The highest BCUT2D eigenvalue weighted by Gasteiger charge is 2.44. The van der Waals surface area contributed by atoms with Gasteiger partial charge < -0.3 is 9.47 Å². The van der Waals surface area contributed by atoms with Crippen LogP contribution in [-0.4, -0.2) is 14.2 Å². The normalized spacial score (nSPS) is 21.7. The van der Waals surface area contributed by atoms with E-state index in [1.807, 2.05) is 12.1 Å². The summed E-state index contributed by atoms with van der Waals surface area (Å²) >= 11 is 3.87. The summed E-state index contributed by atoms with van der Waals surface area (Å²) in [4.78, 5) is 0.309. The van der Waals surface area contributed by atoms with Gasteiger partial charge >= 0.3 is 0 Å². The summed E-state index contributed by atoms with van der Waals surface area (Å²) in [5.74, 6) is 2.97. The molecule has 0 aliphatic heterocycles. The van der Waals surface area contributed by atoms with Crippen LogP contribution in [0.25, 0.3) is 0 Å². The van der Waals surface area contributed by atoms with Gasteiger partial charge in [-0.1, -0.05) is 52.3 Å². The standard InChI is InChI=1S/C18H19BrO2/c1-20-13-8-9-14(17(10-13)21-2)18(19)16-11-15(16)12-6-4-3-5-7-12/h3-10,15-16,18H,11H2,1-2H3. The van der Waals surface area contributed by atoms with Gasteiger partial charge in [-0.15, -0.1) is 0 Å². The Hall–Kier alpha value is -1.48. The fraction of sp³-hybridized carbons (Fsp3) is 0.333. The van der Waals surface area contributed by atoms with Crippen molar-refractivity contribution in [1.82, 2.24) is 0 Å². The van der Waals surface area contributed by atoms with E-state index in [2.05, 4.69) is 52.3 Å². The molecule has 0 aromatic heterocycles. The molecule has 1 aliphatic rings. The van der Waals surface area contributed by atoms with Crippen LogP contribution in [0.5, 0.6) is 11.5 Å². The zero-order valence-corrected chi connectivity index (χ0v) is 13.8. The molecule has 0 spiro atoms. The molecule has 1 fully saturated rings. The van der Waals surface area contributed by atoms with E-state index in [-0.39, 0.29) is 0 Å². The monoisotopic (exact) mass is 346 g/mol. The Morgan fingerprint density at radius 3 is 2.48 bits per heavy atom. The summed E-state index contributed by atoms with van der Waals surface area (Å²) in [5.41, 5.74) is 2.63. The van der Waals surface area contributed by atoms with Crippen LogP contribution in [0.15, 0.2) is 48.5 Å². The zero-order chi connectivity index (χ0) is 14.8. The van der Waals surface area contributed by atoms with E-state index in [9.17, 15) is 0 Å². The molecule has 2 nitrogen and oxygen atoms in total. The van der Waals surface area contributed by atoms with Crippen LogP contribution in [-0.2, 0) is 0 Å². The molecule has 3 atom stereocenters. The Morgan fingerprint density at radius 2 is 1.81 bits per heavy atom. The molecule has 3 rings (SSSR count). The van der Waals surface area contributed by atoms with Crippen molar-refractivity contribution in [3.05, 3.63) is 59.7 Å². The second kappa shape index (κ2) is 6.10. The largest absolute Gasteiger partial charge is 0.497 e. The van der Waals surface area contributed by atoms with E-state index in [1.54, 1.807) is 14.2 Å². The molecule has 21 heavy (non-hydrogen) atoms. The minimum Gasteiger partial charge on any atom is -0.497 e. The van der Waals surface area contributed by atoms with Crippen LogP contribution in [0, 0.1) is 5.92 Å². The minimum absolute atomic E-state index is 0.309. The second-order valence-corrected chi connectivity index (χ2v) is 6.41. The Labute approximate surface area is 134 Å². The third-order valence-electron chi connectivity index (χ3n) is 4.18. The number of alkyl halides is 1. The number of halogens is 1. The summed E-state index contributed by atoms with van der Waals surface area (Å²) in [6.07, 6.45) is 1.22. The molecule has 110 valence electrons. The van der Waals surface area contributed by atoms with Crippen LogP contribution in [0.2, 0.25) is 0 Å². The van der Waals surface area contributed by atoms with Gasteiger partial charge in [0.25, 0.3) is 0 Å². The average molecular weight is 347 g/mol. The molecule has 0 saturated heterocycles. The summed E-state index contributed by atoms with van der Waals surface area (Å²) in [6.45, 7) is 0. The van der Waals surface area contributed by atoms with Gasteiger partial charge in [0.2, 0.25) is 0 Å². The molecular weight excluding hydrogens is 328 g/mol. The SMILES string of the molecule is COc1ccc(C(Br)C2CC2c2ccccc2)c(OC)c1. The van der Waals surface area contributed by atoms with Gasteiger partial charge in [0.05, 0.1) is 14.2 Å². The van der Waals surface area contributed by atoms with Gasteiger partial charge in [-0.3, -0.25) is 0 Å². The van der Waals surface area contributed by atoms with E-state index >= 15 is 0 Å². The lowest BCUT2D eigenvalue weighted by molar-refractivity contribution is 0.390. The van der Waals surface area contributed by atoms with Gasteiger partial charge in [-0.2, -0.15) is 0 Å². The Morgan fingerprint density at radius 1 is 1.05 bits per heavy atom. The molecule has 3 unspecified atom stereocenters. The summed E-state index contributed by atoms with van der Waals surface area (Å²) in [7, 11) is 3.38. The molecule has 0 heterocycles. The molecule has 3 heteroatoms. The third-order valence-corrected chi connectivity index (χ3v) is 5.35. The van der Waals surface area contributed by atoms with E-state index in [4.69, 9.17) is 9.47 Å². The smallest absolute Gasteiger partial charge is 0.126 e. The van der Waals surface area contributed by atoms with Gasteiger partial charge in [-0.05, 0) is 29.9 Å². The molecule has 0 bridgehead atoms. The Balaban J connectivity index is 1.79. The van der Waals surface area contributed by atoms with Crippen LogP contribution >= 0.6 is 15.9 Å². The van der Waals surface area contributed by atoms with Crippen LogP contribution in [0.3, 0.4) is 0 Å². The fourth-order valence-electron chi connectivity index (χ4n) is 2.90. The number of hydrogen-bond donors (Lipinski definition) is 0. The van der Waals surface area contributed by atoms with Crippen molar-refractivity contribution >= 4 is 15.9 Å².